The molecule has 1 N–H and O–H groups in total. The maximum absolute atomic E-state index is 5.27. The van der Waals surface area contributed by atoms with Gasteiger partial charge >= 0.3 is 0 Å². The largest absolute Gasteiger partial charge is 0.381 e. The zero-order valence-electron chi connectivity index (χ0n) is 17.9. The summed E-state index contributed by atoms with van der Waals surface area (Å²) in [6.07, 6.45) is 8.76. The molecule has 0 bridgehead atoms. The summed E-state index contributed by atoms with van der Waals surface area (Å²) in [6, 6.07) is 8.21. The smallest absolute Gasteiger partial charge is 0.156 e. The monoisotopic (exact) mass is 430 g/mol. The molecule has 6 heterocycles. The topological polar surface area (TPSA) is 85.9 Å². The van der Waals surface area contributed by atoms with E-state index < -0.39 is 0 Å². The lowest BCUT2D eigenvalue weighted by atomic mass is 10.1. The lowest BCUT2D eigenvalue weighted by Gasteiger charge is -2.25. The molecule has 2 aliphatic heterocycles. The Balaban J connectivity index is 1.31. The summed E-state index contributed by atoms with van der Waals surface area (Å²) >= 11 is 0. The van der Waals surface area contributed by atoms with Crippen LogP contribution in [0.1, 0.15) is 6.42 Å². The highest BCUT2D eigenvalue weighted by atomic mass is 16.5. The van der Waals surface area contributed by atoms with Gasteiger partial charge in [-0.3, -0.25) is 9.67 Å². The molecule has 32 heavy (non-hydrogen) atoms. The van der Waals surface area contributed by atoms with Crippen molar-refractivity contribution >= 4 is 16.7 Å². The summed E-state index contributed by atoms with van der Waals surface area (Å²) in [5.74, 6) is 2.36. The zero-order chi connectivity index (χ0) is 21.3. The molecule has 9 heteroatoms. The van der Waals surface area contributed by atoms with E-state index in [2.05, 4.69) is 49.8 Å². The van der Waals surface area contributed by atoms with E-state index in [1.54, 1.807) is 0 Å². The molecule has 2 aliphatic rings. The van der Waals surface area contributed by atoms with E-state index in [0.29, 0.717) is 5.92 Å². The van der Waals surface area contributed by atoms with Gasteiger partial charge in [-0.15, -0.1) is 0 Å². The van der Waals surface area contributed by atoms with Gasteiger partial charge in [-0.25, -0.2) is 9.67 Å². The summed E-state index contributed by atoms with van der Waals surface area (Å²) in [6.45, 7) is 6.52. The van der Waals surface area contributed by atoms with E-state index >= 15 is 0 Å². The van der Waals surface area contributed by atoms with Crippen molar-refractivity contribution in [2.75, 3.05) is 44.3 Å². The van der Waals surface area contributed by atoms with Crippen LogP contribution >= 0.6 is 0 Å². The van der Waals surface area contributed by atoms with Crippen LogP contribution < -0.4 is 10.2 Å². The average molecular weight is 431 g/mol. The zero-order valence-corrected chi connectivity index (χ0v) is 17.9. The minimum atomic E-state index is 0.554. The van der Waals surface area contributed by atoms with Crippen molar-refractivity contribution in [1.82, 2.24) is 34.8 Å². The molecule has 0 saturated carbocycles. The number of anilines is 1. The van der Waals surface area contributed by atoms with Gasteiger partial charge in [0.1, 0.15) is 5.82 Å². The predicted octanol–water partition coefficient (Wildman–Crippen LogP) is 2.13. The Hall–Kier alpha value is -3.30. The second-order valence-corrected chi connectivity index (χ2v) is 8.48. The molecule has 2 fully saturated rings. The highest BCUT2D eigenvalue weighted by Gasteiger charge is 2.19. The van der Waals surface area contributed by atoms with E-state index in [-0.39, 0.29) is 0 Å². The number of nitrogens with zero attached hydrogens (tertiary/aromatic N) is 7. The first-order valence-electron chi connectivity index (χ1n) is 11.2. The van der Waals surface area contributed by atoms with E-state index in [0.717, 1.165) is 86.2 Å². The van der Waals surface area contributed by atoms with Gasteiger partial charge in [0.05, 0.1) is 36.8 Å². The number of rotatable bonds is 5. The first-order valence-corrected chi connectivity index (χ1v) is 11.2. The normalized spacial score (nSPS) is 17.4. The number of pyridine rings is 2. The first-order chi connectivity index (χ1) is 15.8. The van der Waals surface area contributed by atoms with Gasteiger partial charge in [0, 0.05) is 55.4 Å². The first kappa shape index (κ1) is 19.4. The van der Waals surface area contributed by atoms with E-state index in [1.807, 2.05) is 34.0 Å². The summed E-state index contributed by atoms with van der Waals surface area (Å²) in [4.78, 5) is 11.9. The summed E-state index contributed by atoms with van der Waals surface area (Å²) in [7, 11) is 0. The molecule has 0 atom stereocenters. The molecule has 4 aromatic heterocycles. The molecule has 164 valence electrons. The van der Waals surface area contributed by atoms with Crippen LogP contribution in [0.4, 0.5) is 5.82 Å². The Morgan fingerprint density at radius 2 is 1.97 bits per heavy atom. The third-order valence-electron chi connectivity index (χ3n) is 6.13. The van der Waals surface area contributed by atoms with Crippen molar-refractivity contribution in [3.8, 4) is 17.1 Å². The van der Waals surface area contributed by atoms with Crippen LogP contribution in [0.25, 0.3) is 28.0 Å². The molecule has 0 unspecified atom stereocenters. The predicted molar refractivity (Wildman–Crippen MR) is 122 cm³/mol. The lowest BCUT2D eigenvalue weighted by Crippen LogP contribution is -2.31. The number of hydrogen-bond acceptors (Lipinski definition) is 7. The number of fused-ring (bicyclic) bond motifs is 1. The van der Waals surface area contributed by atoms with Crippen molar-refractivity contribution in [1.29, 1.82) is 0 Å². The number of nitrogens with one attached hydrogen (secondary N) is 1. The van der Waals surface area contributed by atoms with E-state index in [9.17, 15) is 0 Å². The highest BCUT2D eigenvalue weighted by Crippen LogP contribution is 2.25. The standard InChI is InChI=1S/C23H26N8O/c1-3-22(29-7-2-5-24-6-8-29)28-23(4-1)31-21-9-20(25-10-18(21)11-27-31)19-12-26-30(14-19)13-17-15-32-16-17/h1,3-4,9-12,14,17,24H,2,5-8,13,15-16H2. The highest BCUT2D eigenvalue weighted by molar-refractivity contribution is 5.83. The van der Waals surface area contributed by atoms with Gasteiger partial charge in [0.25, 0.3) is 0 Å². The third kappa shape index (κ3) is 3.74. The van der Waals surface area contributed by atoms with E-state index in [4.69, 9.17) is 9.72 Å². The van der Waals surface area contributed by atoms with Crippen LogP contribution in [0.3, 0.4) is 0 Å². The Kier molecular flexibility index (Phi) is 5.05. The summed E-state index contributed by atoms with van der Waals surface area (Å²) in [5.41, 5.74) is 2.86. The fourth-order valence-corrected chi connectivity index (χ4v) is 4.29. The third-order valence-corrected chi connectivity index (χ3v) is 6.13. The molecule has 0 aliphatic carbocycles. The van der Waals surface area contributed by atoms with Gasteiger partial charge < -0.3 is 15.0 Å². The molecule has 0 aromatic carbocycles. The van der Waals surface area contributed by atoms with Gasteiger partial charge in [-0.05, 0) is 31.2 Å². The van der Waals surface area contributed by atoms with Crippen molar-refractivity contribution in [3.05, 3.63) is 49.1 Å². The van der Waals surface area contributed by atoms with E-state index in [1.165, 1.54) is 0 Å². The quantitative estimate of drug-likeness (QED) is 0.519. The Labute approximate surface area is 186 Å². The average Bonchev–Trinajstić information content (AvgIpc) is 3.35. The molecular formula is C23H26N8O. The fraction of sp³-hybridized carbons (Fsp3) is 0.391. The molecule has 4 aromatic rings. The Morgan fingerprint density at radius 3 is 2.88 bits per heavy atom. The fourth-order valence-electron chi connectivity index (χ4n) is 4.29. The molecule has 2 saturated heterocycles. The van der Waals surface area contributed by atoms with Crippen LogP contribution in [-0.2, 0) is 11.3 Å². The van der Waals surface area contributed by atoms with Gasteiger partial charge in [-0.2, -0.15) is 10.2 Å². The van der Waals surface area contributed by atoms with Crippen LogP contribution in [-0.4, -0.2) is 68.9 Å². The molecule has 9 nitrogen and oxygen atoms in total. The van der Waals surface area contributed by atoms with Gasteiger partial charge in [0.2, 0.25) is 0 Å². The molecule has 0 amide bonds. The minimum absolute atomic E-state index is 0.554. The van der Waals surface area contributed by atoms with Gasteiger partial charge in [-0.1, -0.05) is 6.07 Å². The van der Waals surface area contributed by atoms with Gasteiger partial charge in [0.15, 0.2) is 5.82 Å². The second kappa shape index (κ2) is 8.33. The summed E-state index contributed by atoms with van der Waals surface area (Å²) < 4.78 is 9.15. The Morgan fingerprint density at radius 1 is 1.03 bits per heavy atom. The minimum Gasteiger partial charge on any atom is -0.381 e. The number of hydrogen-bond donors (Lipinski definition) is 1. The lowest BCUT2D eigenvalue weighted by molar-refractivity contribution is -0.0408. The molecule has 0 spiro atoms. The van der Waals surface area contributed by atoms with Crippen LogP contribution in [0.15, 0.2) is 49.1 Å². The van der Waals surface area contributed by atoms with Crippen molar-refractivity contribution < 1.29 is 4.74 Å². The van der Waals surface area contributed by atoms with Crippen LogP contribution in [0.5, 0.6) is 0 Å². The van der Waals surface area contributed by atoms with Crippen LogP contribution in [0, 0.1) is 5.92 Å². The Bertz CT molecular complexity index is 1220. The number of aromatic nitrogens is 6. The maximum atomic E-state index is 5.27. The molecular weight excluding hydrogens is 404 g/mol. The van der Waals surface area contributed by atoms with Crippen molar-refractivity contribution in [3.63, 3.8) is 0 Å². The van der Waals surface area contributed by atoms with Crippen LogP contribution in [0.2, 0.25) is 0 Å². The second-order valence-electron chi connectivity index (χ2n) is 8.48. The van der Waals surface area contributed by atoms with Crippen molar-refractivity contribution in [2.45, 2.75) is 13.0 Å². The SMILES string of the molecule is c1cc(N2CCCNCC2)nc(-n2ncc3cnc(-c4cnn(CC5COC5)c4)cc32)c1. The maximum Gasteiger partial charge on any atom is 0.156 e. The van der Waals surface area contributed by atoms with Crippen molar-refractivity contribution in [2.24, 2.45) is 5.92 Å². The molecule has 6 rings (SSSR count). The summed E-state index contributed by atoms with van der Waals surface area (Å²) in [5, 5.41) is 13.6. The molecule has 0 radical (unpaired) electrons. The number of ether oxygens (including phenoxy) is 1.